The van der Waals surface area contributed by atoms with Gasteiger partial charge in [-0.1, -0.05) is 22.8 Å². The Morgan fingerprint density at radius 1 is 1.50 bits per heavy atom. The third-order valence-electron chi connectivity index (χ3n) is 4.17. The van der Waals surface area contributed by atoms with Crippen LogP contribution in [0.15, 0.2) is 22.7 Å². The summed E-state index contributed by atoms with van der Waals surface area (Å²) in [6.45, 7) is 4.19. The summed E-state index contributed by atoms with van der Waals surface area (Å²) in [7, 11) is 0. The van der Waals surface area contributed by atoms with Crippen LogP contribution in [0.1, 0.15) is 35.9 Å². The summed E-state index contributed by atoms with van der Waals surface area (Å²) in [6, 6.07) is 4.13. The van der Waals surface area contributed by atoms with Gasteiger partial charge in [-0.2, -0.15) is 0 Å². The highest BCUT2D eigenvalue weighted by molar-refractivity contribution is 6.33. The summed E-state index contributed by atoms with van der Waals surface area (Å²) >= 11 is 6.09. The zero-order chi connectivity index (χ0) is 17.3. The van der Waals surface area contributed by atoms with E-state index in [-0.39, 0.29) is 39.9 Å². The molecule has 1 aromatic carbocycles. The fourth-order valence-corrected chi connectivity index (χ4v) is 3.16. The van der Waals surface area contributed by atoms with Crippen molar-refractivity contribution in [3.8, 4) is 11.3 Å². The van der Waals surface area contributed by atoms with Gasteiger partial charge < -0.3 is 14.6 Å². The van der Waals surface area contributed by atoms with E-state index in [0.717, 1.165) is 12.8 Å². The number of benzene rings is 1. The average molecular weight is 353 g/mol. The normalized spacial score (nSPS) is 18.6. The van der Waals surface area contributed by atoms with Gasteiger partial charge in [-0.3, -0.25) is 4.79 Å². The van der Waals surface area contributed by atoms with Crippen molar-refractivity contribution in [3.63, 3.8) is 0 Å². The fraction of sp³-hybridized carbons (Fsp3) is 0.412. The highest BCUT2D eigenvalue weighted by Crippen LogP contribution is 2.33. The molecule has 5 nitrogen and oxygen atoms in total. The fourth-order valence-electron chi connectivity index (χ4n) is 2.90. The monoisotopic (exact) mass is 352 g/mol. The number of ether oxygens (including phenoxy) is 1. The van der Waals surface area contributed by atoms with Crippen LogP contribution >= 0.6 is 11.6 Å². The molecule has 1 aromatic heterocycles. The molecule has 0 aliphatic carbocycles. The summed E-state index contributed by atoms with van der Waals surface area (Å²) in [6.07, 6.45) is 1.86. The van der Waals surface area contributed by atoms with Gasteiger partial charge >= 0.3 is 0 Å². The molecule has 7 heteroatoms. The lowest BCUT2D eigenvalue weighted by molar-refractivity contribution is 0.0712. The molecule has 2 heterocycles. The van der Waals surface area contributed by atoms with Crippen LogP contribution in [0.2, 0.25) is 5.02 Å². The van der Waals surface area contributed by atoms with Crippen LogP contribution in [0.4, 0.5) is 4.39 Å². The van der Waals surface area contributed by atoms with E-state index in [9.17, 15) is 9.18 Å². The maximum Gasteiger partial charge on any atom is 0.257 e. The number of nitrogens with one attached hydrogen (secondary N) is 1. The molecular formula is C17H18ClFN2O3. The summed E-state index contributed by atoms with van der Waals surface area (Å²) in [5.41, 5.74) is 0.352. The van der Waals surface area contributed by atoms with E-state index in [4.69, 9.17) is 20.9 Å². The number of amides is 1. The van der Waals surface area contributed by atoms with Crippen molar-refractivity contribution in [1.82, 2.24) is 10.5 Å². The maximum atomic E-state index is 14.2. The molecule has 24 heavy (non-hydrogen) atoms. The minimum atomic E-state index is -0.558. The zero-order valence-corrected chi connectivity index (χ0v) is 14.2. The Hall–Kier alpha value is -1.92. The number of aryl methyl sites for hydroxylation is 1. The van der Waals surface area contributed by atoms with Crippen LogP contribution in [0.5, 0.6) is 0 Å². The smallest absolute Gasteiger partial charge is 0.257 e. The number of carbonyl (C=O) groups excluding carboxylic acids is 1. The number of aromatic nitrogens is 1. The van der Waals surface area contributed by atoms with E-state index in [1.165, 1.54) is 12.1 Å². The Morgan fingerprint density at radius 2 is 2.29 bits per heavy atom. The highest BCUT2D eigenvalue weighted by atomic mass is 35.5. The van der Waals surface area contributed by atoms with E-state index >= 15 is 0 Å². The van der Waals surface area contributed by atoms with Gasteiger partial charge in [0.15, 0.2) is 0 Å². The van der Waals surface area contributed by atoms with Gasteiger partial charge in [0, 0.05) is 6.61 Å². The molecule has 2 aromatic rings. The van der Waals surface area contributed by atoms with Crippen molar-refractivity contribution < 1.29 is 18.4 Å². The molecule has 1 aliphatic rings. The maximum absolute atomic E-state index is 14.2. The average Bonchev–Trinajstić information content (AvgIpc) is 3.17. The minimum Gasteiger partial charge on any atom is -0.376 e. The Morgan fingerprint density at radius 3 is 2.96 bits per heavy atom. The Balaban J connectivity index is 1.91. The van der Waals surface area contributed by atoms with E-state index in [0.29, 0.717) is 12.4 Å². The van der Waals surface area contributed by atoms with E-state index in [1.54, 1.807) is 13.0 Å². The van der Waals surface area contributed by atoms with Crippen LogP contribution in [-0.2, 0) is 4.74 Å². The number of hydrogen-bond acceptors (Lipinski definition) is 4. The van der Waals surface area contributed by atoms with Gasteiger partial charge in [0.1, 0.15) is 22.8 Å². The number of rotatable bonds is 4. The first kappa shape index (κ1) is 16.9. The van der Waals surface area contributed by atoms with Crippen LogP contribution < -0.4 is 5.32 Å². The first-order valence-corrected chi connectivity index (χ1v) is 8.20. The molecule has 1 aliphatic heterocycles. The van der Waals surface area contributed by atoms with Crippen molar-refractivity contribution in [2.45, 2.75) is 38.8 Å². The van der Waals surface area contributed by atoms with Crippen molar-refractivity contribution >= 4 is 17.5 Å². The number of carbonyl (C=O) groups is 1. The molecular weight excluding hydrogens is 335 g/mol. The van der Waals surface area contributed by atoms with Gasteiger partial charge in [-0.25, -0.2) is 4.39 Å². The van der Waals surface area contributed by atoms with Crippen LogP contribution in [0.3, 0.4) is 0 Å². The third-order valence-corrected chi connectivity index (χ3v) is 4.49. The lowest BCUT2D eigenvalue weighted by Gasteiger charge is -2.20. The largest absolute Gasteiger partial charge is 0.376 e. The Bertz CT molecular complexity index is 736. The summed E-state index contributed by atoms with van der Waals surface area (Å²) in [5.74, 6) is -0.635. The first-order chi connectivity index (χ1) is 11.5. The van der Waals surface area contributed by atoms with Gasteiger partial charge in [0.2, 0.25) is 0 Å². The van der Waals surface area contributed by atoms with Gasteiger partial charge in [-0.15, -0.1) is 0 Å². The highest BCUT2D eigenvalue weighted by Gasteiger charge is 2.29. The van der Waals surface area contributed by atoms with Gasteiger partial charge in [0.05, 0.1) is 22.7 Å². The number of nitrogens with zero attached hydrogens (tertiary/aromatic N) is 1. The van der Waals surface area contributed by atoms with E-state index in [2.05, 4.69) is 10.5 Å². The molecule has 0 saturated carbocycles. The van der Waals surface area contributed by atoms with Crippen molar-refractivity contribution in [1.29, 1.82) is 0 Å². The quantitative estimate of drug-likeness (QED) is 0.910. The third kappa shape index (κ3) is 3.16. The first-order valence-electron chi connectivity index (χ1n) is 7.82. The molecule has 3 rings (SSSR count). The topological polar surface area (TPSA) is 64.4 Å². The lowest BCUT2D eigenvalue weighted by atomic mass is 10.0. The molecule has 128 valence electrons. The molecule has 2 atom stereocenters. The van der Waals surface area contributed by atoms with Gasteiger partial charge in [-0.05, 0) is 38.8 Å². The van der Waals surface area contributed by atoms with Crippen molar-refractivity contribution in [2.75, 3.05) is 6.61 Å². The van der Waals surface area contributed by atoms with Crippen molar-refractivity contribution in [2.24, 2.45) is 0 Å². The second-order valence-corrected chi connectivity index (χ2v) is 6.28. The lowest BCUT2D eigenvalue weighted by Crippen LogP contribution is -2.41. The SMILES string of the molecule is Cc1onc(-c2c(F)cccc2Cl)c1C(=O)N[C@@H](C)[C@H]1CCCO1. The molecule has 1 fully saturated rings. The zero-order valence-electron chi connectivity index (χ0n) is 13.4. The minimum absolute atomic E-state index is 0.0189. The Kier molecular flexibility index (Phi) is 4.87. The Labute approximate surface area is 144 Å². The second-order valence-electron chi connectivity index (χ2n) is 5.87. The molecule has 1 amide bonds. The van der Waals surface area contributed by atoms with Crippen LogP contribution in [0.25, 0.3) is 11.3 Å². The molecule has 0 spiro atoms. The number of halogens is 2. The molecule has 0 bridgehead atoms. The van der Waals surface area contributed by atoms with E-state index in [1.807, 2.05) is 6.92 Å². The standard InChI is InChI=1S/C17H18ClFN2O3/c1-9(13-7-4-8-23-13)20-17(22)14-10(2)24-21-16(14)15-11(18)5-3-6-12(15)19/h3,5-6,9,13H,4,7-8H2,1-2H3,(H,20,22)/t9-,13+/m0/s1. The number of hydrogen-bond donors (Lipinski definition) is 1. The summed E-state index contributed by atoms with van der Waals surface area (Å²) < 4.78 is 24.9. The van der Waals surface area contributed by atoms with Crippen LogP contribution in [0, 0.1) is 12.7 Å². The summed E-state index contributed by atoms with van der Waals surface area (Å²) in [4.78, 5) is 12.7. The van der Waals surface area contributed by atoms with Gasteiger partial charge in [0.25, 0.3) is 5.91 Å². The molecule has 0 unspecified atom stereocenters. The predicted octanol–water partition coefficient (Wildman–Crippen LogP) is 3.74. The molecule has 0 radical (unpaired) electrons. The predicted molar refractivity (Wildman–Crippen MR) is 87.5 cm³/mol. The molecule has 1 N–H and O–H groups in total. The van der Waals surface area contributed by atoms with E-state index < -0.39 is 5.82 Å². The van der Waals surface area contributed by atoms with Crippen LogP contribution in [-0.4, -0.2) is 29.8 Å². The second kappa shape index (κ2) is 6.91. The summed E-state index contributed by atoms with van der Waals surface area (Å²) in [5, 5.41) is 6.90. The van der Waals surface area contributed by atoms with Crippen molar-refractivity contribution in [3.05, 3.63) is 40.4 Å². The molecule has 1 saturated heterocycles.